The van der Waals surface area contributed by atoms with E-state index in [2.05, 4.69) is 35.0 Å². The molecule has 2 aromatic rings. The Hall–Kier alpha value is -0.860. The maximum absolute atomic E-state index is 3.79. The van der Waals surface area contributed by atoms with Gasteiger partial charge in [0.05, 0.1) is 0 Å². The number of benzene rings is 1. The first kappa shape index (κ1) is 13.6. The fraction of sp³-hybridized carbons (Fsp3) is 0.600. The molecule has 1 aromatic carbocycles. The molecule has 0 unspecified atom stereocenters. The largest absolute Gasteiger partial charge is 0.312 e. The minimum Gasteiger partial charge on any atom is -0.312 e. The zero-order valence-electron chi connectivity index (χ0n) is 13.1. The topological polar surface area (TPSA) is 12.0 Å². The summed E-state index contributed by atoms with van der Waals surface area (Å²) in [5.74, 6) is 5.25. The van der Waals surface area contributed by atoms with Crippen molar-refractivity contribution in [2.75, 3.05) is 6.54 Å². The molecule has 4 aliphatic carbocycles. The first-order valence-electron chi connectivity index (χ1n) is 9.02. The molecule has 0 spiro atoms. The number of hydrogen-bond donors (Lipinski definition) is 1. The summed E-state index contributed by atoms with van der Waals surface area (Å²) >= 11 is 1.84. The fourth-order valence-electron chi connectivity index (χ4n) is 5.88. The predicted molar refractivity (Wildman–Crippen MR) is 94.1 cm³/mol. The zero-order chi connectivity index (χ0) is 14.5. The van der Waals surface area contributed by atoms with Crippen LogP contribution in [0.4, 0.5) is 0 Å². The van der Waals surface area contributed by atoms with Crippen molar-refractivity contribution < 1.29 is 0 Å². The van der Waals surface area contributed by atoms with Gasteiger partial charge < -0.3 is 5.32 Å². The van der Waals surface area contributed by atoms with Crippen LogP contribution in [0.5, 0.6) is 0 Å². The van der Waals surface area contributed by atoms with Crippen molar-refractivity contribution in [3.05, 3.63) is 35.2 Å². The molecule has 0 radical (unpaired) electrons. The molecule has 4 bridgehead atoms. The van der Waals surface area contributed by atoms with E-state index in [-0.39, 0.29) is 0 Å². The molecular weight excluding hydrogens is 286 g/mol. The Labute approximate surface area is 137 Å². The molecule has 0 amide bonds. The van der Waals surface area contributed by atoms with Gasteiger partial charge in [-0.25, -0.2) is 0 Å². The molecule has 1 heterocycles. The molecule has 0 saturated heterocycles. The molecule has 0 aliphatic heterocycles. The van der Waals surface area contributed by atoms with E-state index in [0.717, 1.165) is 36.1 Å². The molecule has 1 N–H and O–H groups in total. The summed E-state index contributed by atoms with van der Waals surface area (Å²) in [5, 5.41) is 7.38. The van der Waals surface area contributed by atoms with E-state index in [1.165, 1.54) is 22.2 Å². The van der Waals surface area contributed by atoms with Crippen LogP contribution in [0.2, 0.25) is 0 Å². The van der Waals surface area contributed by atoms with Gasteiger partial charge >= 0.3 is 0 Å². The number of nitrogens with one attached hydrogen (secondary N) is 1. The quantitative estimate of drug-likeness (QED) is 0.832. The van der Waals surface area contributed by atoms with Crippen LogP contribution in [0.25, 0.3) is 10.1 Å². The molecule has 1 aromatic heterocycles. The van der Waals surface area contributed by atoms with Gasteiger partial charge in [0.25, 0.3) is 0 Å². The van der Waals surface area contributed by atoms with Crippen LogP contribution in [-0.4, -0.2) is 6.54 Å². The summed E-state index contributed by atoms with van der Waals surface area (Å²) < 4.78 is 1.41. The van der Waals surface area contributed by atoms with Gasteiger partial charge in [-0.3, -0.25) is 0 Å². The first-order valence-corrected chi connectivity index (χ1v) is 9.90. The summed E-state index contributed by atoms with van der Waals surface area (Å²) in [6.07, 6.45) is 7.73. The second-order valence-corrected chi connectivity index (χ2v) is 8.97. The second-order valence-electron chi connectivity index (χ2n) is 8.02. The van der Waals surface area contributed by atoms with Crippen LogP contribution in [0.3, 0.4) is 0 Å². The lowest BCUT2D eigenvalue weighted by Gasteiger charge is -2.54. The Morgan fingerprint density at radius 3 is 2.50 bits per heavy atom. The monoisotopic (exact) mass is 311 g/mol. The second kappa shape index (κ2) is 5.35. The molecule has 4 saturated carbocycles. The maximum atomic E-state index is 3.79. The Bertz CT molecular complexity index is 645. The third-order valence-electron chi connectivity index (χ3n) is 6.65. The Morgan fingerprint density at radius 2 is 1.73 bits per heavy atom. The van der Waals surface area contributed by atoms with Gasteiger partial charge in [-0.2, -0.15) is 0 Å². The molecule has 4 fully saturated rings. The smallest absolute Gasteiger partial charge is 0.0342 e. The van der Waals surface area contributed by atoms with E-state index in [9.17, 15) is 0 Å². The maximum Gasteiger partial charge on any atom is 0.0342 e. The molecule has 22 heavy (non-hydrogen) atoms. The van der Waals surface area contributed by atoms with Crippen molar-refractivity contribution in [2.45, 2.75) is 38.6 Å². The summed E-state index contributed by atoms with van der Waals surface area (Å²) in [4.78, 5) is 0. The molecule has 2 heteroatoms. The molecule has 0 atom stereocenters. The van der Waals surface area contributed by atoms with Gasteiger partial charge in [0.1, 0.15) is 0 Å². The lowest BCUT2D eigenvalue weighted by Crippen LogP contribution is -2.48. The van der Waals surface area contributed by atoms with Gasteiger partial charge in [-0.15, -0.1) is 11.3 Å². The summed E-state index contributed by atoms with van der Waals surface area (Å²) in [6.45, 7) is 2.28. The van der Waals surface area contributed by atoms with E-state index in [0.29, 0.717) is 0 Å². The highest BCUT2D eigenvalue weighted by atomic mass is 32.1. The van der Waals surface area contributed by atoms with E-state index in [1.54, 1.807) is 32.1 Å². The van der Waals surface area contributed by atoms with Crippen molar-refractivity contribution in [2.24, 2.45) is 29.6 Å². The van der Waals surface area contributed by atoms with Crippen molar-refractivity contribution in [1.82, 2.24) is 5.32 Å². The van der Waals surface area contributed by atoms with Crippen LogP contribution in [0.15, 0.2) is 29.6 Å². The molecule has 1 nitrogen and oxygen atoms in total. The van der Waals surface area contributed by atoms with E-state index in [1.807, 2.05) is 11.3 Å². The van der Waals surface area contributed by atoms with Crippen molar-refractivity contribution >= 4 is 21.4 Å². The summed E-state index contributed by atoms with van der Waals surface area (Å²) in [6, 6.07) is 9.17. The Morgan fingerprint density at radius 1 is 0.955 bits per heavy atom. The van der Waals surface area contributed by atoms with Gasteiger partial charge in [-0.05, 0) is 103 Å². The van der Waals surface area contributed by atoms with Gasteiger partial charge in [0, 0.05) is 11.2 Å². The van der Waals surface area contributed by atoms with E-state index >= 15 is 0 Å². The highest BCUT2D eigenvalue weighted by Gasteiger charge is 2.47. The third kappa shape index (κ3) is 2.32. The molecule has 116 valence electrons. The first-order chi connectivity index (χ1) is 10.8. The number of fused-ring (bicyclic) bond motifs is 1. The van der Waals surface area contributed by atoms with Crippen LogP contribution in [-0.2, 0) is 6.54 Å². The van der Waals surface area contributed by atoms with Crippen LogP contribution in [0.1, 0.15) is 37.7 Å². The van der Waals surface area contributed by atoms with Crippen molar-refractivity contribution in [1.29, 1.82) is 0 Å². The number of hydrogen-bond acceptors (Lipinski definition) is 2. The van der Waals surface area contributed by atoms with Gasteiger partial charge in [0.15, 0.2) is 0 Å². The molecular formula is C20H25NS. The van der Waals surface area contributed by atoms with E-state index < -0.39 is 0 Å². The molecule has 6 rings (SSSR count). The van der Waals surface area contributed by atoms with Gasteiger partial charge in [0.2, 0.25) is 0 Å². The lowest BCUT2D eigenvalue weighted by molar-refractivity contribution is -0.0355. The normalized spacial score (nSPS) is 36.3. The minimum atomic E-state index is 0.970. The lowest BCUT2D eigenvalue weighted by atomic mass is 9.52. The zero-order valence-corrected chi connectivity index (χ0v) is 13.9. The number of rotatable bonds is 4. The average molecular weight is 311 g/mol. The van der Waals surface area contributed by atoms with Gasteiger partial charge in [-0.1, -0.05) is 6.07 Å². The predicted octanol–water partition coefficient (Wildman–Crippen LogP) is 5.06. The molecule has 4 aliphatic rings. The Balaban J connectivity index is 1.22. The fourth-order valence-corrected chi connectivity index (χ4v) is 6.65. The SMILES string of the molecule is c1cc2cc(CNCC3C4CC5CC(C4)CC3C5)ccc2s1. The minimum absolute atomic E-state index is 0.970. The number of thiophene rings is 1. The third-order valence-corrected chi connectivity index (χ3v) is 7.55. The summed E-state index contributed by atoms with van der Waals surface area (Å²) in [7, 11) is 0. The highest BCUT2D eigenvalue weighted by molar-refractivity contribution is 7.17. The van der Waals surface area contributed by atoms with Crippen molar-refractivity contribution in [3.8, 4) is 0 Å². The average Bonchev–Trinajstić information content (AvgIpc) is 2.97. The highest BCUT2D eigenvalue weighted by Crippen LogP contribution is 2.56. The van der Waals surface area contributed by atoms with Crippen LogP contribution in [0, 0.1) is 29.6 Å². The Kier molecular flexibility index (Phi) is 3.30. The van der Waals surface area contributed by atoms with E-state index in [4.69, 9.17) is 0 Å². The summed E-state index contributed by atoms with van der Waals surface area (Å²) in [5.41, 5.74) is 1.44. The van der Waals surface area contributed by atoms with Crippen LogP contribution < -0.4 is 5.32 Å². The van der Waals surface area contributed by atoms with Crippen LogP contribution >= 0.6 is 11.3 Å². The van der Waals surface area contributed by atoms with Crippen molar-refractivity contribution in [3.63, 3.8) is 0 Å². The standard InChI is InChI=1S/C20H25NS/c1-2-20-16(3-4-22-20)6-13(1)11-21-12-19-17-7-14-5-15(9-17)10-18(19)8-14/h1-4,6,14-15,17-19,21H,5,7-12H2.